The molecule has 10 nitrogen and oxygen atoms in total. The molecule has 0 aliphatic heterocycles. The van der Waals surface area contributed by atoms with Gasteiger partial charge >= 0.3 is 18.4 Å². The lowest BCUT2D eigenvalue weighted by molar-refractivity contribution is -0.138. The van der Waals surface area contributed by atoms with E-state index in [4.69, 9.17) is 28.9 Å². The number of isocyanates is 1. The number of nitrogens with two attached hydrogens (primary N) is 1. The maximum atomic E-state index is 12.6. The van der Waals surface area contributed by atoms with E-state index in [1.54, 1.807) is 13.0 Å². The molecule has 4 aromatic rings. The fourth-order valence-electron chi connectivity index (χ4n) is 2.98. The van der Waals surface area contributed by atoms with E-state index in [9.17, 15) is 35.9 Å². The SMILES string of the molecule is Cc1cc(Cl)nc(N)n1.Cc1cc(Cl)nc(NC(=O)Nc2cccc(C(F)(F)F)c2)n1.O=C=Nc1cccc(C(F)(F)F)c1. The van der Waals surface area contributed by atoms with Gasteiger partial charge < -0.3 is 11.1 Å². The number of nitrogen functional groups attached to an aromatic ring is 1. The Morgan fingerprint density at radius 3 is 1.86 bits per heavy atom. The molecule has 4 rings (SSSR count). The summed E-state index contributed by atoms with van der Waals surface area (Å²) in [5.74, 6) is 0.175. The Morgan fingerprint density at radius 2 is 1.34 bits per heavy atom. The smallest absolute Gasteiger partial charge is 0.368 e. The van der Waals surface area contributed by atoms with Gasteiger partial charge in [-0.15, -0.1) is 0 Å². The Balaban J connectivity index is 0.000000258. The van der Waals surface area contributed by atoms with Crippen molar-refractivity contribution in [3.8, 4) is 0 Å². The van der Waals surface area contributed by atoms with Crippen LogP contribution in [0.5, 0.6) is 0 Å². The minimum absolute atomic E-state index is 0.00826. The zero-order chi connectivity index (χ0) is 33.1. The summed E-state index contributed by atoms with van der Waals surface area (Å²) in [6.07, 6.45) is -7.72. The number of hydrogen-bond acceptors (Lipinski definition) is 8. The number of carbonyl (C=O) groups is 1. The van der Waals surface area contributed by atoms with Crippen LogP contribution in [0, 0.1) is 13.8 Å². The Kier molecular flexibility index (Phi) is 12.6. The average Bonchev–Trinajstić information content (AvgIpc) is 2.87. The fraction of sp³-hybridized carbons (Fsp3) is 0.154. The Labute approximate surface area is 255 Å². The number of halogens is 8. The van der Waals surface area contributed by atoms with Gasteiger partial charge in [0.1, 0.15) is 10.3 Å². The van der Waals surface area contributed by atoms with Gasteiger partial charge in [-0.05, 0) is 62.4 Å². The van der Waals surface area contributed by atoms with Crippen LogP contribution < -0.4 is 16.4 Å². The van der Waals surface area contributed by atoms with Crippen LogP contribution in [-0.4, -0.2) is 32.0 Å². The monoisotopic (exact) mass is 660 g/mol. The van der Waals surface area contributed by atoms with Crippen molar-refractivity contribution in [1.29, 1.82) is 0 Å². The highest BCUT2D eigenvalue weighted by atomic mass is 35.5. The Morgan fingerprint density at radius 1 is 0.795 bits per heavy atom. The number of hydrogen-bond donors (Lipinski definition) is 3. The number of nitrogens with one attached hydrogen (secondary N) is 2. The number of nitrogens with zero attached hydrogens (tertiary/aromatic N) is 5. The largest absolute Gasteiger partial charge is 0.416 e. The van der Waals surface area contributed by atoms with Crippen molar-refractivity contribution in [2.24, 2.45) is 4.99 Å². The quantitative estimate of drug-likeness (QED) is 0.0879. The van der Waals surface area contributed by atoms with Gasteiger partial charge in [0.2, 0.25) is 18.0 Å². The first-order valence-corrected chi connectivity index (χ1v) is 12.5. The number of rotatable bonds is 3. The van der Waals surface area contributed by atoms with Gasteiger partial charge in [0.25, 0.3) is 0 Å². The number of carbonyl (C=O) groups excluding carboxylic acids is 2. The topological polar surface area (TPSA) is 148 Å². The number of aliphatic imine (C=N–C) groups is 1. The van der Waals surface area contributed by atoms with E-state index < -0.39 is 29.5 Å². The third-order valence-electron chi connectivity index (χ3n) is 4.68. The molecule has 0 bridgehead atoms. The molecule has 4 N–H and O–H groups in total. The van der Waals surface area contributed by atoms with Crippen LogP contribution in [0.25, 0.3) is 0 Å². The van der Waals surface area contributed by atoms with E-state index >= 15 is 0 Å². The van der Waals surface area contributed by atoms with Crippen LogP contribution in [0.3, 0.4) is 0 Å². The molecule has 0 aliphatic carbocycles. The van der Waals surface area contributed by atoms with Crippen LogP contribution in [0.1, 0.15) is 22.5 Å². The molecule has 18 heteroatoms. The molecule has 2 aromatic carbocycles. The predicted molar refractivity (Wildman–Crippen MR) is 151 cm³/mol. The maximum absolute atomic E-state index is 12.6. The minimum atomic E-state index is -4.48. The molecule has 0 saturated heterocycles. The molecule has 232 valence electrons. The Bertz CT molecular complexity index is 1580. The number of amides is 2. The molecule has 0 unspecified atom stereocenters. The number of benzene rings is 2. The first-order valence-electron chi connectivity index (χ1n) is 11.7. The normalized spacial score (nSPS) is 10.7. The summed E-state index contributed by atoms with van der Waals surface area (Å²) >= 11 is 11.2. The first kappa shape index (κ1) is 35.4. The lowest BCUT2D eigenvalue weighted by Gasteiger charge is -2.10. The van der Waals surface area contributed by atoms with Gasteiger partial charge in [-0.2, -0.15) is 31.3 Å². The molecule has 0 atom stereocenters. The number of aryl methyl sites for hydroxylation is 2. The highest BCUT2D eigenvalue weighted by molar-refractivity contribution is 6.29. The average molecular weight is 661 g/mol. The van der Waals surface area contributed by atoms with Crippen LogP contribution in [0.4, 0.5) is 54.4 Å². The summed E-state index contributed by atoms with van der Waals surface area (Å²) in [5.41, 5.74) is 4.82. The molecule has 0 fully saturated rings. The van der Waals surface area contributed by atoms with Crippen molar-refractivity contribution in [3.05, 3.63) is 93.5 Å². The molecule has 0 aliphatic rings. The minimum Gasteiger partial charge on any atom is -0.368 e. The second-order valence-corrected chi connectivity index (χ2v) is 9.03. The van der Waals surface area contributed by atoms with Crippen molar-refractivity contribution in [1.82, 2.24) is 19.9 Å². The molecule has 0 radical (unpaired) electrons. The number of alkyl halides is 6. The number of anilines is 3. The van der Waals surface area contributed by atoms with E-state index in [-0.39, 0.29) is 28.4 Å². The van der Waals surface area contributed by atoms with Gasteiger partial charge in [0, 0.05) is 17.1 Å². The highest BCUT2D eigenvalue weighted by Gasteiger charge is 2.31. The maximum Gasteiger partial charge on any atom is 0.416 e. The van der Waals surface area contributed by atoms with Crippen molar-refractivity contribution in [3.63, 3.8) is 0 Å². The molecule has 0 saturated carbocycles. The molecule has 0 spiro atoms. The van der Waals surface area contributed by atoms with Crippen molar-refractivity contribution in [2.75, 3.05) is 16.4 Å². The molecular formula is C26H20Cl2F6N8O2. The van der Waals surface area contributed by atoms with Crippen LogP contribution >= 0.6 is 23.2 Å². The zero-order valence-electron chi connectivity index (χ0n) is 22.4. The second kappa shape index (κ2) is 15.6. The molecule has 44 heavy (non-hydrogen) atoms. The number of aromatic nitrogens is 4. The van der Waals surface area contributed by atoms with Crippen molar-refractivity contribution >= 4 is 58.6 Å². The Hall–Kier alpha value is -4.79. The lowest BCUT2D eigenvalue weighted by Crippen LogP contribution is -2.21. The van der Waals surface area contributed by atoms with Gasteiger partial charge in [-0.1, -0.05) is 35.3 Å². The first-order chi connectivity index (χ1) is 20.5. The van der Waals surface area contributed by atoms with E-state index in [0.29, 0.717) is 10.8 Å². The summed E-state index contributed by atoms with van der Waals surface area (Å²) in [7, 11) is 0. The molecular weight excluding hydrogens is 641 g/mol. The van der Waals surface area contributed by atoms with Crippen LogP contribution in [0.2, 0.25) is 10.3 Å². The predicted octanol–water partition coefficient (Wildman–Crippen LogP) is 7.79. The summed E-state index contributed by atoms with van der Waals surface area (Å²) in [6.45, 7) is 3.47. The number of urea groups is 1. The summed E-state index contributed by atoms with van der Waals surface area (Å²) in [6, 6.07) is 10.8. The summed E-state index contributed by atoms with van der Waals surface area (Å²) in [5, 5.41) is 5.09. The molecule has 2 heterocycles. The zero-order valence-corrected chi connectivity index (χ0v) is 23.9. The van der Waals surface area contributed by atoms with E-state index in [1.807, 2.05) is 6.92 Å². The summed E-state index contributed by atoms with van der Waals surface area (Å²) in [4.78, 5) is 39.8. The van der Waals surface area contributed by atoms with Gasteiger partial charge in [-0.3, -0.25) is 5.32 Å². The van der Waals surface area contributed by atoms with Gasteiger partial charge in [0.05, 0.1) is 16.8 Å². The molecule has 2 amide bonds. The third kappa shape index (κ3) is 12.6. The van der Waals surface area contributed by atoms with E-state index in [1.165, 1.54) is 36.4 Å². The van der Waals surface area contributed by atoms with E-state index in [0.717, 1.165) is 30.0 Å². The summed E-state index contributed by atoms with van der Waals surface area (Å²) < 4.78 is 73.9. The van der Waals surface area contributed by atoms with Crippen molar-refractivity contribution in [2.45, 2.75) is 26.2 Å². The van der Waals surface area contributed by atoms with Gasteiger partial charge in [0.15, 0.2) is 0 Å². The second-order valence-electron chi connectivity index (χ2n) is 8.25. The fourth-order valence-corrected chi connectivity index (χ4v) is 3.46. The molecule has 2 aromatic heterocycles. The third-order valence-corrected chi connectivity index (χ3v) is 5.07. The highest BCUT2D eigenvalue weighted by Crippen LogP contribution is 2.31. The van der Waals surface area contributed by atoms with Gasteiger partial charge in [-0.25, -0.2) is 29.5 Å². The van der Waals surface area contributed by atoms with Crippen LogP contribution in [0.15, 0.2) is 65.7 Å². The lowest BCUT2D eigenvalue weighted by atomic mass is 10.2. The standard InChI is InChI=1S/C13H10ClF3N4O.C8H4F3NO.C5H6ClN3/c1-7-5-10(14)20-11(18-7)21-12(22)19-9-4-2-3-8(6-9)13(15,16)17;9-8(10,11)6-2-1-3-7(4-6)12-5-13;1-3-2-4(6)9-5(7)8-3/h2-6H,1H3,(H2,18,19,20,21,22);1-4H;2H,1H3,(H2,7,8,9). The van der Waals surface area contributed by atoms with Crippen LogP contribution in [-0.2, 0) is 17.1 Å². The van der Waals surface area contributed by atoms with Crippen molar-refractivity contribution < 1.29 is 35.9 Å². The van der Waals surface area contributed by atoms with E-state index in [2.05, 4.69) is 35.6 Å².